The molecule has 2 aromatic rings. The van der Waals surface area contributed by atoms with Crippen LogP contribution in [0.25, 0.3) is 0 Å². The van der Waals surface area contributed by atoms with Gasteiger partial charge in [0.05, 0.1) is 18.2 Å². The minimum Gasteiger partial charge on any atom is -0.733 e. The number of furan rings is 1. The molecule has 2 rings (SSSR count). The molecule has 19 heavy (non-hydrogen) atoms. The van der Waals surface area contributed by atoms with Crippen molar-refractivity contribution < 1.29 is 14.4 Å². The van der Waals surface area contributed by atoms with E-state index >= 15 is 0 Å². The number of anilines is 1. The third-order valence-corrected chi connectivity index (χ3v) is 2.25. The number of carbonyl (C=O) groups excluding carboxylic acids is 1. The van der Waals surface area contributed by atoms with Gasteiger partial charge in [0, 0.05) is 5.56 Å². The molecule has 0 atom stereocenters. The van der Waals surface area contributed by atoms with E-state index in [4.69, 9.17) is 9.62 Å². The molecule has 1 aromatic carbocycles. The highest BCUT2D eigenvalue weighted by Crippen LogP contribution is 2.12. The fourth-order valence-corrected chi connectivity index (χ4v) is 1.32. The van der Waals surface area contributed by atoms with Crippen LogP contribution in [0.4, 0.5) is 5.69 Å². The van der Waals surface area contributed by atoms with Gasteiger partial charge in [-0.15, -0.1) is 0 Å². The fourth-order valence-electron chi connectivity index (χ4n) is 1.32. The van der Waals surface area contributed by atoms with Crippen molar-refractivity contribution in [1.29, 1.82) is 0 Å². The molecule has 2 N–H and O–H groups in total. The van der Waals surface area contributed by atoms with Crippen LogP contribution < -0.4 is 10.7 Å². The van der Waals surface area contributed by atoms with E-state index in [-0.39, 0.29) is 10.9 Å². The summed E-state index contributed by atoms with van der Waals surface area (Å²) in [5.74, 6) is 0.0719. The highest BCUT2D eigenvalue weighted by molar-refractivity contribution is 5.95. The van der Waals surface area contributed by atoms with Crippen LogP contribution in [0.15, 0.2) is 52.2 Å². The molecule has 0 fully saturated rings. The molecular weight excluding hydrogens is 250 g/mol. The summed E-state index contributed by atoms with van der Waals surface area (Å²) in [6, 6.07) is 8.82. The minimum absolute atomic E-state index is 0.0376. The largest absolute Gasteiger partial charge is 0.733 e. The molecule has 1 heterocycles. The van der Waals surface area contributed by atoms with Gasteiger partial charge in [0.2, 0.25) is 0 Å². The third kappa shape index (κ3) is 3.41. The van der Waals surface area contributed by atoms with Gasteiger partial charge in [-0.05, 0) is 36.4 Å². The van der Waals surface area contributed by atoms with Gasteiger partial charge in [-0.3, -0.25) is 10.0 Å². The number of hydrogen-bond acceptors (Lipinski definition) is 6. The smallest absolute Gasteiger partial charge is 0.271 e. The number of hydrogen-bond donors (Lipinski definition) is 2. The van der Waals surface area contributed by atoms with Crippen LogP contribution in [-0.2, 0) is 0 Å². The molecule has 0 aliphatic carbocycles. The Balaban J connectivity index is 1.96. The molecule has 98 valence electrons. The summed E-state index contributed by atoms with van der Waals surface area (Å²) in [5, 5.41) is 22.6. The first-order valence-electron chi connectivity index (χ1n) is 5.30. The molecule has 0 unspecified atom stereocenters. The Morgan fingerprint density at radius 3 is 2.68 bits per heavy atom. The lowest BCUT2D eigenvalue weighted by atomic mass is 10.2. The van der Waals surface area contributed by atoms with E-state index in [0.29, 0.717) is 11.3 Å². The fraction of sp³-hybridized carbons (Fsp3) is 0. The van der Waals surface area contributed by atoms with Crippen LogP contribution in [0.2, 0.25) is 0 Å². The van der Waals surface area contributed by atoms with Crippen molar-refractivity contribution in [1.82, 2.24) is 5.43 Å². The summed E-state index contributed by atoms with van der Waals surface area (Å²) < 4.78 is 4.99. The van der Waals surface area contributed by atoms with Gasteiger partial charge in [0.1, 0.15) is 5.76 Å². The van der Waals surface area contributed by atoms with E-state index < -0.39 is 5.91 Å². The highest BCUT2D eigenvalue weighted by atomic mass is 16.8. The molecule has 0 aliphatic heterocycles. The molecule has 0 radical (unpaired) electrons. The first kappa shape index (κ1) is 12.8. The quantitative estimate of drug-likeness (QED) is 0.644. The Bertz CT molecular complexity index is 561. The zero-order chi connectivity index (χ0) is 13.7. The lowest BCUT2D eigenvalue weighted by Gasteiger charge is -2.21. The summed E-state index contributed by atoms with van der Waals surface area (Å²) in [6.07, 6.45) is 2.85. The highest BCUT2D eigenvalue weighted by Gasteiger charge is 2.04. The molecule has 0 aliphatic rings. The van der Waals surface area contributed by atoms with E-state index in [2.05, 4.69) is 10.5 Å². The second kappa shape index (κ2) is 5.80. The average Bonchev–Trinajstić information content (AvgIpc) is 2.92. The standard InChI is InChI=1S/C12H10N3O4/c16-12(14-13-8-11-2-1-7-19-11)9-3-5-10(6-4-9)15(17)18/h1-8,17H,(H,14,16)/q-1. The van der Waals surface area contributed by atoms with Crippen molar-refractivity contribution in [2.24, 2.45) is 5.10 Å². The van der Waals surface area contributed by atoms with Crippen molar-refractivity contribution in [3.8, 4) is 0 Å². The minimum atomic E-state index is -0.440. The summed E-state index contributed by atoms with van der Waals surface area (Å²) in [4.78, 5) is 11.6. The van der Waals surface area contributed by atoms with Crippen LogP contribution in [0.5, 0.6) is 0 Å². The lowest BCUT2D eigenvalue weighted by Crippen LogP contribution is -2.17. The van der Waals surface area contributed by atoms with E-state index in [1.165, 1.54) is 36.7 Å². The number of carbonyl (C=O) groups is 1. The molecule has 1 amide bonds. The van der Waals surface area contributed by atoms with Gasteiger partial charge in [-0.25, -0.2) is 5.43 Å². The molecule has 7 nitrogen and oxygen atoms in total. The molecule has 0 saturated heterocycles. The number of benzene rings is 1. The predicted octanol–water partition coefficient (Wildman–Crippen LogP) is 1.74. The summed E-state index contributed by atoms with van der Waals surface area (Å²) in [5.41, 5.74) is 2.65. The molecule has 1 aromatic heterocycles. The Morgan fingerprint density at radius 1 is 1.37 bits per heavy atom. The van der Waals surface area contributed by atoms with Crippen molar-refractivity contribution in [3.05, 3.63) is 59.2 Å². The van der Waals surface area contributed by atoms with Crippen molar-refractivity contribution >= 4 is 17.8 Å². The van der Waals surface area contributed by atoms with E-state index in [1.807, 2.05) is 0 Å². The van der Waals surface area contributed by atoms with Crippen molar-refractivity contribution in [3.63, 3.8) is 0 Å². The zero-order valence-electron chi connectivity index (χ0n) is 9.69. The first-order valence-corrected chi connectivity index (χ1v) is 5.30. The van der Waals surface area contributed by atoms with Gasteiger partial charge >= 0.3 is 0 Å². The Kier molecular flexibility index (Phi) is 3.91. The number of nitrogens with zero attached hydrogens (tertiary/aromatic N) is 2. The maximum atomic E-state index is 11.6. The molecule has 7 heteroatoms. The monoisotopic (exact) mass is 260 g/mol. The van der Waals surface area contributed by atoms with Crippen LogP contribution in [0.3, 0.4) is 0 Å². The molecular formula is C12H10N3O4-. The second-order valence-corrected chi connectivity index (χ2v) is 3.53. The number of rotatable bonds is 4. The third-order valence-electron chi connectivity index (χ3n) is 2.25. The Labute approximate surface area is 108 Å². The van der Waals surface area contributed by atoms with Crippen molar-refractivity contribution in [2.75, 3.05) is 5.23 Å². The van der Waals surface area contributed by atoms with Crippen LogP contribution in [0.1, 0.15) is 16.1 Å². The Hall–Kier alpha value is -2.64. The average molecular weight is 260 g/mol. The molecule has 0 spiro atoms. The predicted molar refractivity (Wildman–Crippen MR) is 67.8 cm³/mol. The van der Waals surface area contributed by atoms with Gasteiger partial charge < -0.3 is 14.9 Å². The van der Waals surface area contributed by atoms with Crippen molar-refractivity contribution in [2.45, 2.75) is 0 Å². The normalized spacial score (nSPS) is 10.6. The summed E-state index contributed by atoms with van der Waals surface area (Å²) >= 11 is 0. The second-order valence-electron chi connectivity index (χ2n) is 3.53. The van der Waals surface area contributed by atoms with Crippen LogP contribution in [-0.4, -0.2) is 17.3 Å². The number of hydrazone groups is 1. The SMILES string of the molecule is O=C(NN=Cc1ccco1)c1ccc(N([O-])O)cc1. The lowest BCUT2D eigenvalue weighted by molar-refractivity contribution is 0.0955. The topological polar surface area (TPSA) is 101 Å². The van der Waals surface area contributed by atoms with Gasteiger partial charge in [0.15, 0.2) is 0 Å². The Morgan fingerprint density at radius 2 is 2.11 bits per heavy atom. The maximum Gasteiger partial charge on any atom is 0.271 e. The molecule has 0 bridgehead atoms. The first-order chi connectivity index (χ1) is 9.16. The maximum absolute atomic E-state index is 11.6. The van der Waals surface area contributed by atoms with Crippen LogP contribution in [0, 0.1) is 5.21 Å². The number of amides is 1. The zero-order valence-corrected chi connectivity index (χ0v) is 9.69. The van der Waals surface area contributed by atoms with Gasteiger partial charge in [-0.1, -0.05) is 0 Å². The van der Waals surface area contributed by atoms with Gasteiger partial charge in [0.25, 0.3) is 5.91 Å². The molecule has 0 saturated carbocycles. The number of nitrogens with one attached hydrogen (secondary N) is 1. The summed E-state index contributed by atoms with van der Waals surface area (Å²) in [6.45, 7) is 0. The van der Waals surface area contributed by atoms with E-state index in [1.54, 1.807) is 12.1 Å². The van der Waals surface area contributed by atoms with E-state index in [0.717, 1.165) is 0 Å². The summed E-state index contributed by atoms with van der Waals surface area (Å²) in [7, 11) is 0. The van der Waals surface area contributed by atoms with Crippen LogP contribution >= 0.6 is 0 Å². The van der Waals surface area contributed by atoms with Gasteiger partial charge in [-0.2, -0.15) is 5.10 Å². The van der Waals surface area contributed by atoms with E-state index in [9.17, 15) is 10.0 Å².